The van der Waals surface area contributed by atoms with Crippen LogP contribution in [-0.2, 0) is 17.9 Å². The Balaban J connectivity index is 2.14. The Morgan fingerprint density at radius 3 is 2.50 bits per heavy atom. The molecule has 0 spiro atoms. The second kappa shape index (κ2) is 8.35. The number of hydrogen-bond donors (Lipinski definition) is 1. The van der Waals surface area contributed by atoms with E-state index in [0.717, 1.165) is 11.0 Å². The predicted molar refractivity (Wildman–Crippen MR) is 107 cm³/mol. The molecular weight excluding hydrogens is 382 g/mol. The van der Waals surface area contributed by atoms with Crippen molar-refractivity contribution in [1.82, 2.24) is 24.4 Å². The summed E-state index contributed by atoms with van der Waals surface area (Å²) in [5, 5.41) is 3.43. The van der Waals surface area contributed by atoms with Gasteiger partial charge in [-0.1, -0.05) is 18.5 Å². The van der Waals surface area contributed by atoms with E-state index in [-0.39, 0.29) is 23.5 Å². The summed E-state index contributed by atoms with van der Waals surface area (Å²) in [6.07, 6.45) is 2.15. The Morgan fingerprint density at radius 1 is 1.14 bits per heavy atom. The minimum absolute atomic E-state index is 0.183. The first-order valence-electron chi connectivity index (χ1n) is 8.99. The molecule has 0 aliphatic rings. The number of fused-ring (bicyclic) bond motifs is 1. The number of benzene rings is 1. The van der Waals surface area contributed by atoms with Crippen LogP contribution in [0, 0.1) is 0 Å². The van der Waals surface area contributed by atoms with Crippen LogP contribution in [0.1, 0.15) is 20.3 Å². The highest BCUT2D eigenvalue weighted by Gasteiger charge is 2.17. The summed E-state index contributed by atoms with van der Waals surface area (Å²) in [6, 6.07) is 6.95. The number of nitrogens with one attached hydrogen (secondary N) is 1. The molecule has 1 N–H and O–H groups in total. The maximum atomic E-state index is 12.8. The third-order valence-electron chi connectivity index (χ3n) is 4.25. The first-order valence-corrected chi connectivity index (χ1v) is 9.37. The maximum Gasteiger partial charge on any atom is 0.333 e. The van der Waals surface area contributed by atoms with Gasteiger partial charge in [0.05, 0.1) is 0 Å². The fourth-order valence-electron chi connectivity index (χ4n) is 2.82. The average Bonchev–Trinajstić information content (AvgIpc) is 2.70. The van der Waals surface area contributed by atoms with Crippen molar-refractivity contribution in [2.75, 3.05) is 6.54 Å². The van der Waals surface area contributed by atoms with Crippen LogP contribution in [0.15, 0.2) is 40.1 Å². The van der Waals surface area contributed by atoms with E-state index in [2.05, 4.69) is 15.3 Å². The summed E-state index contributed by atoms with van der Waals surface area (Å²) in [6.45, 7) is 4.13. The van der Waals surface area contributed by atoms with E-state index < -0.39 is 11.2 Å². The lowest BCUT2D eigenvalue weighted by Gasteiger charge is -2.12. The summed E-state index contributed by atoms with van der Waals surface area (Å²) in [5.41, 5.74) is -0.210. The molecule has 3 aromatic rings. The van der Waals surface area contributed by atoms with E-state index in [9.17, 15) is 14.4 Å². The first-order chi connectivity index (χ1) is 13.5. The van der Waals surface area contributed by atoms with Crippen LogP contribution < -0.4 is 16.6 Å². The maximum absolute atomic E-state index is 12.8. The van der Waals surface area contributed by atoms with Crippen molar-refractivity contribution in [2.24, 2.45) is 0 Å². The summed E-state index contributed by atoms with van der Waals surface area (Å²) < 4.78 is 2.28. The molecule has 9 heteroatoms. The molecule has 0 saturated carbocycles. The van der Waals surface area contributed by atoms with Crippen molar-refractivity contribution in [3.8, 4) is 11.4 Å². The predicted octanol–water partition coefficient (Wildman–Crippen LogP) is 1.82. The smallest absolute Gasteiger partial charge is 0.333 e. The molecule has 0 aliphatic heterocycles. The number of rotatable bonds is 6. The summed E-state index contributed by atoms with van der Waals surface area (Å²) in [4.78, 5) is 46.3. The molecule has 0 aliphatic carbocycles. The molecule has 8 nitrogen and oxygen atoms in total. The molecule has 0 unspecified atom stereocenters. The van der Waals surface area contributed by atoms with Gasteiger partial charge in [0.25, 0.3) is 5.56 Å². The number of aromatic nitrogens is 4. The van der Waals surface area contributed by atoms with Crippen LogP contribution in [0.25, 0.3) is 22.4 Å². The lowest BCUT2D eigenvalue weighted by Crippen LogP contribution is -2.44. The number of aryl methyl sites for hydroxylation is 1. The highest BCUT2D eigenvalue weighted by molar-refractivity contribution is 6.30. The second-order valence-corrected chi connectivity index (χ2v) is 6.64. The summed E-state index contributed by atoms with van der Waals surface area (Å²) in [5.74, 6) is -0.00892. The molecule has 3 rings (SSSR count). The second-order valence-electron chi connectivity index (χ2n) is 6.21. The van der Waals surface area contributed by atoms with Gasteiger partial charge < -0.3 is 5.32 Å². The Morgan fingerprint density at radius 2 is 1.86 bits per heavy atom. The molecule has 2 heterocycles. The largest absolute Gasteiger partial charge is 0.355 e. The van der Waals surface area contributed by atoms with Crippen molar-refractivity contribution in [3.63, 3.8) is 0 Å². The molecule has 0 bridgehead atoms. The number of hydrogen-bond acceptors (Lipinski definition) is 5. The van der Waals surface area contributed by atoms with E-state index in [1.807, 2.05) is 6.92 Å². The highest BCUT2D eigenvalue weighted by Crippen LogP contribution is 2.19. The van der Waals surface area contributed by atoms with Gasteiger partial charge in [-0.3, -0.25) is 18.7 Å². The van der Waals surface area contributed by atoms with Crippen LogP contribution in [-0.4, -0.2) is 31.6 Å². The minimum atomic E-state index is -0.584. The molecule has 0 atom stereocenters. The van der Waals surface area contributed by atoms with Gasteiger partial charge in [0, 0.05) is 29.9 Å². The van der Waals surface area contributed by atoms with E-state index in [1.165, 1.54) is 10.8 Å². The number of halogens is 1. The molecule has 28 heavy (non-hydrogen) atoms. The van der Waals surface area contributed by atoms with Gasteiger partial charge in [-0.2, -0.15) is 0 Å². The Bertz CT molecular complexity index is 1140. The zero-order valence-corrected chi connectivity index (χ0v) is 16.4. The topological polar surface area (TPSA) is 98.9 Å². The summed E-state index contributed by atoms with van der Waals surface area (Å²) in [7, 11) is 0. The van der Waals surface area contributed by atoms with Crippen molar-refractivity contribution in [2.45, 2.75) is 33.4 Å². The van der Waals surface area contributed by atoms with Crippen LogP contribution in [0.5, 0.6) is 0 Å². The van der Waals surface area contributed by atoms with E-state index in [1.54, 1.807) is 31.2 Å². The van der Waals surface area contributed by atoms with Crippen LogP contribution in [0.2, 0.25) is 5.02 Å². The monoisotopic (exact) mass is 401 g/mol. The molecular formula is C19H20ClN5O3. The normalized spacial score (nSPS) is 11.0. The molecule has 146 valence electrons. The molecule has 1 amide bonds. The third-order valence-corrected chi connectivity index (χ3v) is 4.51. The Kier molecular flexibility index (Phi) is 5.89. The van der Waals surface area contributed by atoms with Crippen molar-refractivity contribution >= 4 is 28.5 Å². The van der Waals surface area contributed by atoms with Gasteiger partial charge in [-0.15, -0.1) is 0 Å². The van der Waals surface area contributed by atoms with Crippen LogP contribution in [0.3, 0.4) is 0 Å². The van der Waals surface area contributed by atoms with Gasteiger partial charge >= 0.3 is 5.69 Å². The van der Waals surface area contributed by atoms with Gasteiger partial charge in [0.1, 0.15) is 11.9 Å². The Hall–Kier alpha value is -3.00. The van der Waals surface area contributed by atoms with Crippen molar-refractivity contribution < 1.29 is 4.79 Å². The van der Waals surface area contributed by atoms with E-state index in [4.69, 9.17) is 11.6 Å². The molecule has 0 radical (unpaired) electrons. The third kappa shape index (κ3) is 3.82. The van der Waals surface area contributed by atoms with E-state index >= 15 is 0 Å². The molecule has 1 aromatic carbocycles. The number of carbonyl (C=O) groups is 1. The zero-order valence-electron chi connectivity index (χ0n) is 15.6. The SMILES string of the molecule is CCCNC(=O)Cn1c(=O)c2cnc(-c3ccc(Cl)cc3)nc2n(CC)c1=O. The lowest BCUT2D eigenvalue weighted by molar-refractivity contribution is -0.121. The van der Waals surface area contributed by atoms with Gasteiger partial charge in [-0.05, 0) is 37.6 Å². The minimum Gasteiger partial charge on any atom is -0.355 e. The average molecular weight is 402 g/mol. The fourth-order valence-corrected chi connectivity index (χ4v) is 2.95. The van der Waals surface area contributed by atoms with Gasteiger partial charge in [0.2, 0.25) is 5.91 Å². The van der Waals surface area contributed by atoms with Crippen molar-refractivity contribution in [3.05, 3.63) is 56.3 Å². The Labute approximate surface area is 165 Å². The molecule has 0 saturated heterocycles. The lowest BCUT2D eigenvalue weighted by atomic mass is 10.2. The summed E-state index contributed by atoms with van der Waals surface area (Å²) >= 11 is 5.91. The fraction of sp³-hybridized carbons (Fsp3) is 0.316. The number of nitrogens with zero attached hydrogens (tertiary/aromatic N) is 4. The van der Waals surface area contributed by atoms with Gasteiger partial charge in [-0.25, -0.2) is 14.8 Å². The zero-order chi connectivity index (χ0) is 20.3. The number of carbonyl (C=O) groups excluding carboxylic acids is 1. The van der Waals surface area contributed by atoms with Crippen LogP contribution in [0.4, 0.5) is 0 Å². The highest BCUT2D eigenvalue weighted by atomic mass is 35.5. The standard InChI is InChI=1S/C19H20ClN5O3/c1-3-9-21-15(26)11-25-18(27)14-10-22-16(12-5-7-13(20)8-6-12)23-17(14)24(4-2)19(25)28/h5-8,10H,3-4,9,11H2,1-2H3,(H,21,26). The molecule has 2 aromatic heterocycles. The molecule has 0 fully saturated rings. The van der Waals surface area contributed by atoms with Crippen molar-refractivity contribution in [1.29, 1.82) is 0 Å². The quantitative estimate of drug-likeness (QED) is 0.679. The van der Waals surface area contributed by atoms with Gasteiger partial charge in [0.15, 0.2) is 11.5 Å². The van der Waals surface area contributed by atoms with E-state index in [0.29, 0.717) is 29.5 Å². The van der Waals surface area contributed by atoms with Crippen LogP contribution >= 0.6 is 11.6 Å². The number of amides is 1. The first kappa shape index (κ1) is 19.8.